The number of benzene rings is 1. The molecule has 2 N–H and O–H groups in total. The lowest BCUT2D eigenvalue weighted by molar-refractivity contribution is 0.414. The Balaban J connectivity index is 1.68. The quantitative estimate of drug-likeness (QED) is 0.770. The summed E-state index contributed by atoms with van der Waals surface area (Å²) in [6.45, 7) is 0. The van der Waals surface area contributed by atoms with Crippen LogP contribution in [0, 0.1) is 0 Å². The summed E-state index contributed by atoms with van der Waals surface area (Å²) < 4.78 is 5.18. The van der Waals surface area contributed by atoms with E-state index in [2.05, 4.69) is 20.2 Å². The largest absolute Gasteiger partial charge is 0.497 e. The van der Waals surface area contributed by atoms with Crippen LogP contribution in [0.2, 0.25) is 0 Å². The molecule has 0 saturated heterocycles. The Morgan fingerprint density at radius 1 is 1.16 bits per heavy atom. The zero-order valence-electron chi connectivity index (χ0n) is 13.6. The van der Waals surface area contributed by atoms with E-state index in [1.807, 2.05) is 42.5 Å². The molecule has 6 nitrogen and oxygen atoms in total. The Bertz CT molecular complexity index is 1030. The molecular formula is C19H16N4O2. The Morgan fingerprint density at radius 2 is 2.00 bits per heavy atom. The van der Waals surface area contributed by atoms with Crippen molar-refractivity contribution in [3.63, 3.8) is 0 Å². The maximum Gasteiger partial charge on any atom is 0.271 e. The molecule has 0 bridgehead atoms. The van der Waals surface area contributed by atoms with Gasteiger partial charge in [-0.2, -0.15) is 0 Å². The molecule has 3 aromatic rings. The predicted octanol–water partition coefficient (Wildman–Crippen LogP) is 2.95. The smallest absolute Gasteiger partial charge is 0.271 e. The van der Waals surface area contributed by atoms with Crippen molar-refractivity contribution < 1.29 is 4.74 Å². The van der Waals surface area contributed by atoms with E-state index >= 15 is 0 Å². The number of aliphatic imine (C=N–C) groups is 1. The van der Waals surface area contributed by atoms with Gasteiger partial charge >= 0.3 is 0 Å². The zero-order chi connectivity index (χ0) is 17.2. The summed E-state index contributed by atoms with van der Waals surface area (Å²) in [6, 6.07) is 11.6. The zero-order valence-corrected chi connectivity index (χ0v) is 13.6. The molecule has 0 amide bonds. The minimum Gasteiger partial charge on any atom is -0.497 e. The Hall–Kier alpha value is -3.41. The molecule has 0 aliphatic carbocycles. The topological polar surface area (TPSA) is 83.1 Å². The molecule has 124 valence electrons. The van der Waals surface area contributed by atoms with Gasteiger partial charge in [0.2, 0.25) is 0 Å². The normalized spacial score (nSPS) is 14.0. The van der Waals surface area contributed by atoms with Crippen molar-refractivity contribution in [1.29, 1.82) is 0 Å². The summed E-state index contributed by atoms with van der Waals surface area (Å²) in [5, 5.41) is 5.64. The number of hydrogen-bond acceptors (Lipinski definition) is 4. The van der Waals surface area contributed by atoms with Gasteiger partial charge in [0, 0.05) is 35.7 Å². The van der Waals surface area contributed by atoms with E-state index in [0.29, 0.717) is 17.8 Å². The first kappa shape index (κ1) is 15.1. The van der Waals surface area contributed by atoms with E-state index in [9.17, 15) is 4.79 Å². The second-order valence-corrected chi connectivity index (χ2v) is 5.73. The van der Waals surface area contributed by atoms with Crippen LogP contribution in [0.5, 0.6) is 5.75 Å². The number of ether oxygens (including phenoxy) is 1. The van der Waals surface area contributed by atoms with Crippen LogP contribution in [0.4, 0.5) is 5.82 Å². The number of nitrogens with one attached hydrogen (secondary N) is 2. The van der Waals surface area contributed by atoms with Gasteiger partial charge in [0.05, 0.1) is 12.7 Å². The lowest BCUT2D eigenvalue weighted by atomic mass is 10.0. The third-order valence-corrected chi connectivity index (χ3v) is 4.16. The standard InChI is InChI=1S/C19H16N4O2/c1-25-14-6-4-12(5-7-14)9-17-16(19(24)23-22-17)10-13-11-21-18-15(13)3-2-8-20-18/h2-8,10-11H,9H2,1H3,(H2,22,23,24). The highest BCUT2D eigenvalue weighted by Crippen LogP contribution is 2.30. The molecule has 3 heterocycles. The summed E-state index contributed by atoms with van der Waals surface area (Å²) in [5.74, 6) is 1.48. The molecule has 0 spiro atoms. The van der Waals surface area contributed by atoms with E-state index in [0.717, 1.165) is 28.1 Å². The van der Waals surface area contributed by atoms with Gasteiger partial charge in [0.1, 0.15) is 5.75 Å². The first-order valence-corrected chi connectivity index (χ1v) is 7.88. The molecule has 1 aromatic carbocycles. The third-order valence-electron chi connectivity index (χ3n) is 4.16. The highest BCUT2D eigenvalue weighted by molar-refractivity contribution is 6.20. The van der Waals surface area contributed by atoms with Gasteiger partial charge in [-0.25, -0.2) is 9.98 Å². The summed E-state index contributed by atoms with van der Waals surface area (Å²) in [7, 11) is 1.64. The van der Waals surface area contributed by atoms with Crippen LogP contribution < -0.4 is 10.3 Å². The summed E-state index contributed by atoms with van der Waals surface area (Å²) in [6.07, 6.45) is 5.91. The third kappa shape index (κ3) is 2.89. The number of aromatic nitrogens is 3. The van der Waals surface area contributed by atoms with Crippen molar-refractivity contribution in [2.75, 3.05) is 7.11 Å². The second kappa shape index (κ2) is 6.24. The van der Waals surface area contributed by atoms with Gasteiger partial charge in [-0.3, -0.25) is 9.89 Å². The highest BCUT2D eigenvalue weighted by Gasteiger charge is 2.15. The molecule has 2 aromatic heterocycles. The SMILES string of the molecule is COc1ccc(Cc2[nH][nH]c(=O)c2C=C2C=Nc3ncccc32)cc1. The van der Waals surface area contributed by atoms with Crippen LogP contribution in [0.25, 0.3) is 11.6 Å². The lowest BCUT2D eigenvalue weighted by Gasteiger charge is -2.03. The Labute approximate surface area is 143 Å². The monoisotopic (exact) mass is 332 g/mol. The van der Waals surface area contributed by atoms with Crippen LogP contribution in [-0.2, 0) is 6.42 Å². The number of rotatable bonds is 4. The molecule has 0 saturated carbocycles. The van der Waals surface area contributed by atoms with Crippen LogP contribution in [0.15, 0.2) is 52.4 Å². The average molecular weight is 332 g/mol. The first-order valence-electron chi connectivity index (χ1n) is 7.88. The van der Waals surface area contributed by atoms with Gasteiger partial charge < -0.3 is 9.84 Å². The van der Waals surface area contributed by atoms with Crippen molar-refractivity contribution in [3.8, 4) is 5.75 Å². The average Bonchev–Trinajstić information content (AvgIpc) is 3.21. The van der Waals surface area contributed by atoms with Gasteiger partial charge in [0.25, 0.3) is 5.56 Å². The van der Waals surface area contributed by atoms with E-state index < -0.39 is 0 Å². The molecule has 0 fully saturated rings. The molecule has 0 radical (unpaired) electrons. The number of nitrogens with zero attached hydrogens (tertiary/aromatic N) is 2. The first-order chi connectivity index (χ1) is 12.2. The number of methoxy groups -OCH3 is 1. The van der Waals surface area contributed by atoms with Crippen LogP contribution in [0.3, 0.4) is 0 Å². The molecule has 25 heavy (non-hydrogen) atoms. The van der Waals surface area contributed by atoms with E-state index in [1.54, 1.807) is 19.5 Å². The number of pyridine rings is 1. The number of H-pyrrole nitrogens is 2. The maximum atomic E-state index is 12.2. The molecule has 0 atom stereocenters. The molecule has 1 aliphatic rings. The van der Waals surface area contributed by atoms with Crippen LogP contribution in [-0.4, -0.2) is 28.5 Å². The molecule has 0 unspecified atom stereocenters. The van der Waals surface area contributed by atoms with Crippen molar-refractivity contribution >= 4 is 23.7 Å². The van der Waals surface area contributed by atoms with Crippen LogP contribution in [0.1, 0.15) is 22.4 Å². The molecule has 4 rings (SSSR count). The van der Waals surface area contributed by atoms with Gasteiger partial charge in [-0.1, -0.05) is 12.1 Å². The fraction of sp³-hybridized carbons (Fsp3) is 0.105. The maximum absolute atomic E-state index is 12.2. The van der Waals surface area contributed by atoms with Crippen molar-refractivity contribution in [3.05, 3.63) is 75.3 Å². The van der Waals surface area contributed by atoms with Crippen molar-refractivity contribution in [2.24, 2.45) is 4.99 Å². The van der Waals surface area contributed by atoms with E-state index in [4.69, 9.17) is 4.74 Å². The number of allylic oxidation sites excluding steroid dienone is 1. The minimum absolute atomic E-state index is 0.151. The van der Waals surface area contributed by atoms with Crippen LogP contribution >= 0.6 is 0 Å². The Morgan fingerprint density at radius 3 is 2.80 bits per heavy atom. The number of fused-ring (bicyclic) bond motifs is 1. The second-order valence-electron chi connectivity index (χ2n) is 5.73. The number of hydrogen-bond donors (Lipinski definition) is 2. The minimum atomic E-state index is -0.151. The Kier molecular flexibility index (Phi) is 3.78. The van der Waals surface area contributed by atoms with Crippen molar-refractivity contribution in [2.45, 2.75) is 6.42 Å². The predicted molar refractivity (Wildman–Crippen MR) is 97.5 cm³/mol. The van der Waals surface area contributed by atoms with Crippen molar-refractivity contribution in [1.82, 2.24) is 15.2 Å². The molecular weight excluding hydrogens is 316 g/mol. The van der Waals surface area contributed by atoms with E-state index in [-0.39, 0.29) is 5.56 Å². The highest BCUT2D eigenvalue weighted by atomic mass is 16.5. The lowest BCUT2D eigenvalue weighted by Crippen LogP contribution is -2.03. The van der Waals surface area contributed by atoms with E-state index in [1.165, 1.54) is 0 Å². The molecule has 6 heteroatoms. The molecule has 1 aliphatic heterocycles. The van der Waals surface area contributed by atoms with Gasteiger partial charge in [-0.05, 0) is 35.9 Å². The fourth-order valence-corrected chi connectivity index (χ4v) is 2.84. The summed E-state index contributed by atoms with van der Waals surface area (Å²) >= 11 is 0. The van der Waals surface area contributed by atoms with Gasteiger partial charge in [0.15, 0.2) is 5.82 Å². The number of aromatic amines is 2. The van der Waals surface area contributed by atoms with Gasteiger partial charge in [-0.15, -0.1) is 0 Å². The fourth-order valence-electron chi connectivity index (χ4n) is 2.84. The summed E-state index contributed by atoms with van der Waals surface area (Å²) in [5.41, 5.74) is 4.17. The summed E-state index contributed by atoms with van der Waals surface area (Å²) in [4.78, 5) is 20.7.